The number of hydrogen-bond acceptors (Lipinski definition) is 6. The van der Waals surface area contributed by atoms with E-state index in [4.69, 9.17) is 13.9 Å². The van der Waals surface area contributed by atoms with Gasteiger partial charge in [0, 0.05) is 25.0 Å². The van der Waals surface area contributed by atoms with E-state index < -0.39 is 0 Å². The van der Waals surface area contributed by atoms with Crippen LogP contribution in [0.15, 0.2) is 34.6 Å². The lowest BCUT2D eigenvalue weighted by Crippen LogP contribution is -2.35. The first kappa shape index (κ1) is 18.5. The number of hydrogen-bond donors (Lipinski definition) is 1. The number of ether oxygens (including phenoxy) is 2. The molecular formula is C21H25N3O4. The minimum atomic E-state index is -0.0987. The zero-order valence-corrected chi connectivity index (χ0v) is 16.2. The van der Waals surface area contributed by atoms with E-state index in [1.165, 1.54) is 19.8 Å². The second-order valence-corrected chi connectivity index (χ2v) is 7.50. The maximum absolute atomic E-state index is 11.1. The quantitative estimate of drug-likeness (QED) is 0.749. The number of oxazole rings is 1. The molecule has 0 radical (unpaired) electrons. The molecule has 1 N–H and O–H groups in total. The fraction of sp³-hybridized carbons (Fsp3) is 0.476. The van der Waals surface area contributed by atoms with Crippen LogP contribution in [0.5, 0.6) is 5.88 Å². The molecule has 148 valence electrons. The smallest absolute Gasteiger partial charge is 0.223 e. The molecule has 2 aliphatic rings. The van der Waals surface area contributed by atoms with Crippen LogP contribution in [0.25, 0.3) is 16.7 Å². The summed E-state index contributed by atoms with van der Waals surface area (Å²) in [6.45, 7) is 4.53. The molecule has 0 saturated heterocycles. The van der Waals surface area contributed by atoms with E-state index in [-0.39, 0.29) is 11.9 Å². The third-order valence-corrected chi connectivity index (χ3v) is 4.77. The third kappa shape index (κ3) is 4.71. The normalized spacial score (nSPS) is 17.6. The monoisotopic (exact) mass is 383 g/mol. The van der Waals surface area contributed by atoms with Crippen LogP contribution in [0.2, 0.25) is 0 Å². The van der Waals surface area contributed by atoms with E-state index in [0.29, 0.717) is 29.5 Å². The van der Waals surface area contributed by atoms with Crippen molar-refractivity contribution in [2.45, 2.75) is 45.6 Å². The van der Waals surface area contributed by atoms with E-state index in [1.807, 2.05) is 19.1 Å². The van der Waals surface area contributed by atoms with Crippen LogP contribution in [-0.4, -0.2) is 35.1 Å². The van der Waals surface area contributed by atoms with Crippen LogP contribution in [0.3, 0.4) is 0 Å². The minimum Gasteiger partial charge on any atom is -0.498 e. The molecule has 7 heteroatoms. The Balaban J connectivity index is 1.41. The van der Waals surface area contributed by atoms with Gasteiger partial charge in [0.2, 0.25) is 17.7 Å². The minimum absolute atomic E-state index is 0.0865. The van der Waals surface area contributed by atoms with Gasteiger partial charge in [-0.15, -0.1) is 0 Å². The fourth-order valence-electron chi connectivity index (χ4n) is 3.06. The SMILES string of the molecule is CC(=O)N[C@@H](C)COc1cc2nc(C3=CC=C(OCC4CC4)CC3)oc2cn1. The first-order chi connectivity index (χ1) is 13.6. The molecule has 0 aliphatic heterocycles. The zero-order valence-electron chi connectivity index (χ0n) is 16.2. The van der Waals surface area contributed by atoms with Gasteiger partial charge < -0.3 is 19.2 Å². The molecule has 1 fully saturated rings. The van der Waals surface area contributed by atoms with Gasteiger partial charge in [0.05, 0.1) is 24.6 Å². The standard InChI is InChI=1S/C21H25N3O4/c1-13(23-14(2)25)11-27-20-9-18-19(10-22-20)28-21(24-18)16-5-7-17(8-6-16)26-12-15-3-4-15/h5,7,9-10,13,15H,3-4,6,8,11-12H2,1-2H3,(H,23,25)/t13-/m0/s1. The van der Waals surface area contributed by atoms with E-state index in [9.17, 15) is 4.79 Å². The first-order valence-corrected chi connectivity index (χ1v) is 9.76. The fourth-order valence-corrected chi connectivity index (χ4v) is 3.06. The van der Waals surface area contributed by atoms with E-state index >= 15 is 0 Å². The Hall–Kier alpha value is -2.83. The van der Waals surface area contributed by atoms with Crippen LogP contribution in [0, 0.1) is 5.92 Å². The Labute approximate surface area is 163 Å². The zero-order chi connectivity index (χ0) is 19.5. The molecule has 2 aliphatic carbocycles. The predicted octanol–water partition coefficient (Wildman–Crippen LogP) is 3.61. The Kier molecular flexibility index (Phi) is 5.32. The molecule has 28 heavy (non-hydrogen) atoms. The lowest BCUT2D eigenvalue weighted by Gasteiger charge is -2.13. The van der Waals surface area contributed by atoms with Crippen molar-refractivity contribution in [1.82, 2.24) is 15.3 Å². The van der Waals surface area contributed by atoms with Crippen molar-refractivity contribution in [1.29, 1.82) is 0 Å². The Morgan fingerprint density at radius 3 is 2.89 bits per heavy atom. The molecular weight excluding hydrogens is 358 g/mol. The summed E-state index contributed by atoms with van der Waals surface area (Å²) in [7, 11) is 0. The van der Waals surface area contributed by atoms with Gasteiger partial charge in [-0.25, -0.2) is 9.97 Å². The van der Waals surface area contributed by atoms with Crippen molar-refractivity contribution in [2.75, 3.05) is 13.2 Å². The highest BCUT2D eigenvalue weighted by molar-refractivity contribution is 5.76. The topological polar surface area (TPSA) is 86.5 Å². The predicted molar refractivity (Wildman–Crippen MR) is 105 cm³/mol. The number of allylic oxidation sites excluding steroid dienone is 4. The molecule has 2 heterocycles. The summed E-state index contributed by atoms with van der Waals surface area (Å²) in [5.74, 6) is 2.78. The van der Waals surface area contributed by atoms with Gasteiger partial charge in [0.1, 0.15) is 12.1 Å². The van der Waals surface area contributed by atoms with Gasteiger partial charge in [-0.05, 0) is 38.2 Å². The maximum atomic E-state index is 11.1. The van der Waals surface area contributed by atoms with Gasteiger partial charge >= 0.3 is 0 Å². The van der Waals surface area contributed by atoms with Crippen molar-refractivity contribution in [2.24, 2.45) is 5.92 Å². The number of carbonyl (C=O) groups is 1. The van der Waals surface area contributed by atoms with Crippen molar-refractivity contribution in [3.05, 3.63) is 36.1 Å². The summed E-state index contributed by atoms with van der Waals surface area (Å²) in [6, 6.07) is 1.66. The molecule has 0 spiro atoms. The number of pyridine rings is 1. The number of fused-ring (bicyclic) bond motifs is 1. The van der Waals surface area contributed by atoms with E-state index in [2.05, 4.69) is 15.3 Å². The largest absolute Gasteiger partial charge is 0.498 e. The van der Waals surface area contributed by atoms with E-state index in [0.717, 1.165) is 36.7 Å². The lowest BCUT2D eigenvalue weighted by atomic mass is 10.0. The highest BCUT2D eigenvalue weighted by Gasteiger charge is 2.23. The summed E-state index contributed by atoms with van der Waals surface area (Å²) < 4.78 is 17.4. The van der Waals surface area contributed by atoms with Crippen LogP contribution >= 0.6 is 0 Å². The molecule has 2 aromatic rings. The highest BCUT2D eigenvalue weighted by Crippen LogP contribution is 2.33. The van der Waals surface area contributed by atoms with Crippen LogP contribution in [-0.2, 0) is 9.53 Å². The maximum Gasteiger partial charge on any atom is 0.223 e. The Morgan fingerprint density at radius 1 is 1.32 bits per heavy atom. The number of amides is 1. The number of rotatable bonds is 8. The molecule has 4 rings (SSSR count). The number of aromatic nitrogens is 2. The van der Waals surface area contributed by atoms with E-state index in [1.54, 1.807) is 12.3 Å². The highest BCUT2D eigenvalue weighted by atomic mass is 16.5. The van der Waals surface area contributed by atoms with Crippen LogP contribution in [0.1, 0.15) is 45.4 Å². The van der Waals surface area contributed by atoms with Gasteiger partial charge in [-0.2, -0.15) is 0 Å². The van der Waals surface area contributed by atoms with Crippen molar-refractivity contribution < 1.29 is 18.7 Å². The second kappa shape index (κ2) is 8.04. The summed E-state index contributed by atoms with van der Waals surface area (Å²) in [5, 5.41) is 2.77. The van der Waals surface area contributed by atoms with Gasteiger partial charge in [-0.1, -0.05) is 6.08 Å². The average molecular weight is 383 g/mol. The number of nitrogens with zero attached hydrogens (tertiary/aromatic N) is 2. The molecule has 7 nitrogen and oxygen atoms in total. The Morgan fingerprint density at radius 2 is 2.18 bits per heavy atom. The molecule has 0 unspecified atom stereocenters. The summed E-state index contributed by atoms with van der Waals surface area (Å²) >= 11 is 0. The molecule has 1 atom stereocenters. The molecule has 0 bridgehead atoms. The number of carbonyl (C=O) groups excluding carboxylic acids is 1. The summed E-state index contributed by atoms with van der Waals surface area (Å²) in [6.07, 6.45) is 9.96. The average Bonchev–Trinajstić information content (AvgIpc) is 3.41. The number of nitrogens with one attached hydrogen (secondary N) is 1. The van der Waals surface area contributed by atoms with Gasteiger partial charge in [0.15, 0.2) is 5.58 Å². The summed E-state index contributed by atoms with van der Waals surface area (Å²) in [4.78, 5) is 19.9. The summed E-state index contributed by atoms with van der Waals surface area (Å²) in [5.41, 5.74) is 2.38. The van der Waals surface area contributed by atoms with Crippen LogP contribution < -0.4 is 10.1 Å². The second-order valence-electron chi connectivity index (χ2n) is 7.50. The van der Waals surface area contributed by atoms with Gasteiger partial charge in [-0.3, -0.25) is 4.79 Å². The lowest BCUT2D eigenvalue weighted by molar-refractivity contribution is -0.119. The van der Waals surface area contributed by atoms with Gasteiger partial charge in [0.25, 0.3) is 0 Å². The van der Waals surface area contributed by atoms with Crippen molar-refractivity contribution >= 4 is 22.6 Å². The Bertz CT molecular complexity index is 927. The molecule has 1 saturated carbocycles. The van der Waals surface area contributed by atoms with Crippen molar-refractivity contribution in [3.8, 4) is 5.88 Å². The molecule has 0 aromatic carbocycles. The first-order valence-electron chi connectivity index (χ1n) is 9.76. The van der Waals surface area contributed by atoms with Crippen LogP contribution in [0.4, 0.5) is 0 Å². The third-order valence-electron chi connectivity index (χ3n) is 4.77. The van der Waals surface area contributed by atoms with Crippen molar-refractivity contribution in [3.63, 3.8) is 0 Å². The molecule has 2 aromatic heterocycles. The molecule has 1 amide bonds.